The normalized spacial score (nSPS) is 13.7. The summed E-state index contributed by atoms with van der Waals surface area (Å²) in [4.78, 5) is 12.0. The fourth-order valence-corrected chi connectivity index (χ4v) is 2.26. The molecule has 0 saturated heterocycles. The van der Waals surface area contributed by atoms with Gasteiger partial charge in [0.2, 0.25) is 0 Å². The lowest BCUT2D eigenvalue weighted by Gasteiger charge is -2.33. The molecule has 1 heterocycles. The van der Waals surface area contributed by atoms with Gasteiger partial charge < -0.3 is 14.8 Å². The highest BCUT2D eigenvalue weighted by Crippen LogP contribution is 2.25. The zero-order valence-corrected chi connectivity index (χ0v) is 12.7. The highest BCUT2D eigenvalue weighted by Gasteiger charge is 2.31. The van der Waals surface area contributed by atoms with E-state index in [4.69, 9.17) is 4.42 Å². The molecule has 4 heteroatoms. The monoisotopic (exact) mass is 267 g/mol. The summed E-state index contributed by atoms with van der Waals surface area (Å²) in [5, 5.41) is 13.0. The molecule has 0 aliphatic heterocycles. The van der Waals surface area contributed by atoms with Crippen LogP contribution in [0.2, 0.25) is 0 Å². The summed E-state index contributed by atoms with van der Waals surface area (Å²) in [6, 6.07) is 1.84. The molecule has 1 atom stereocenters. The van der Waals surface area contributed by atoms with E-state index >= 15 is 0 Å². The van der Waals surface area contributed by atoms with E-state index in [-0.39, 0.29) is 17.2 Å². The number of aliphatic hydroxyl groups excluding tert-OH is 1. The lowest BCUT2D eigenvalue weighted by Crippen LogP contribution is -2.43. The number of aliphatic hydroxyl groups is 1. The lowest BCUT2D eigenvalue weighted by atomic mass is 9.80. The predicted octanol–water partition coefficient (Wildman–Crippen LogP) is 2.67. The van der Waals surface area contributed by atoms with Crippen LogP contribution in [-0.2, 0) is 0 Å². The van der Waals surface area contributed by atoms with Crippen LogP contribution in [-0.4, -0.2) is 23.7 Å². The van der Waals surface area contributed by atoms with Crippen molar-refractivity contribution in [1.82, 2.24) is 5.32 Å². The average Bonchev–Trinajstić information content (AvgIpc) is 2.64. The van der Waals surface area contributed by atoms with Gasteiger partial charge in [-0.25, -0.2) is 0 Å². The minimum absolute atomic E-state index is 0.152. The molecule has 0 radical (unpaired) electrons. The number of hydrogen-bond donors (Lipinski definition) is 2. The molecule has 0 fully saturated rings. The molecule has 0 aromatic carbocycles. The van der Waals surface area contributed by atoms with Crippen molar-refractivity contribution in [1.29, 1.82) is 0 Å². The highest BCUT2D eigenvalue weighted by atomic mass is 16.3. The van der Waals surface area contributed by atoms with Crippen molar-refractivity contribution in [3.63, 3.8) is 0 Å². The van der Waals surface area contributed by atoms with Crippen molar-refractivity contribution in [2.24, 2.45) is 11.3 Å². The Bertz CT molecular complexity index is 446. The smallest absolute Gasteiger partial charge is 0.287 e. The minimum atomic E-state index is -0.466. The molecule has 1 rings (SSSR count). The topological polar surface area (TPSA) is 62.5 Å². The summed E-state index contributed by atoms with van der Waals surface area (Å²) in [5.41, 5.74) is 0.455. The van der Waals surface area contributed by atoms with Gasteiger partial charge in [-0.15, -0.1) is 0 Å². The maximum Gasteiger partial charge on any atom is 0.287 e. The fourth-order valence-electron chi connectivity index (χ4n) is 2.26. The lowest BCUT2D eigenvalue weighted by molar-refractivity contribution is 0.0136. The molecule has 2 N–H and O–H groups in total. The Hall–Kier alpha value is -1.29. The second kappa shape index (κ2) is 5.78. The number of furan rings is 1. The van der Waals surface area contributed by atoms with Crippen LogP contribution in [0.5, 0.6) is 0 Å². The summed E-state index contributed by atoms with van der Waals surface area (Å²) in [6.07, 6.45) is -0.466. The van der Waals surface area contributed by atoms with Crippen LogP contribution in [0.15, 0.2) is 10.5 Å². The van der Waals surface area contributed by atoms with Gasteiger partial charge in [-0.05, 0) is 25.8 Å². The summed E-state index contributed by atoms with van der Waals surface area (Å²) < 4.78 is 5.37. The van der Waals surface area contributed by atoms with Gasteiger partial charge in [0.15, 0.2) is 5.76 Å². The van der Waals surface area contributed by atoms with Crippen LogP contribution in [0.1, 0.15) is 49.6 Å². The molecule has 0 aliphatic rings. The number of amides is 1. The first-order valence-electron chi connectivity index (χ1n) is 6.68. The van der Waals surface area contributed by atoms with Gasteiger partial charge >= 0.3 is 0 Å². The molecular weight excluding hydrogens is 242 g/mol. The van der Waals surface area contributed by atoms with Gasteiger partial charge in [-0.1, -0.05) is 27.7 Å². The number of hydrogen-bond acceptors (Lipinski definition) is 3. The number of rotatable bonds is 5. The van der Waals surface area contributed by atoms with Crippen molar-refractivity contribution in [3.8, 4) is 0 Å². The molecular formula is C15H25NO3. The van der Waals surface area contributed by atoms with E-state index in [1.165, 1.54) is 0 Å². The Morgan fingerprint density at radius 1 is 1.42 bits per heavy atom. The zero-order valence-electron chi connectivity index (χ0n) is 12.7. The van der Waals surface area contributed by atoms with E-state index in [0.29, 0.717) is 12.3 Å². The maximum absolute atomic E-state index is 12.0. The highest BCUT2D eigenvalue weighted by molar-refractivity contribution is 5.92. The molecule has 0 aliphatic carbocycles. The number of nitrogens with one attached hydrogen (secondary N) is 1. The minimum Gasteiger partial charge on any atom is -0.456 e. The molecule has 0 saturated carbocycles. The summed E-state index contributed by atoms with van der Waals surface area (Å²) >= 11 is 0. The van der Waals surface area contributed by atoms with Crippen molar-refractivity contribution >= 4 is 5.91 Å². The third-order valence-corrected chi connectivity index (χ3v) is 3.38. The Labute approximate surface area is 115 Å². The first kappa shape index (κ1) is 15.8. The van der Waals surface area contributed by atoms with Crippen LogP contribution in [0, 0.1) is 25.2 Å². The maximum atomic E-state index is 12.0. The van der Waals surface area contributed by atoms with Gasteiger partial charge in [-0.3, -0.25) is 4.79 Å². The largest absolute Gasteiger partial charge is 0.456 e. The molecule has 1 aromatic rings. The fraction of sp³-hybridized carbons (Fsp3) is 0.667. The third-order valence-electron chi connectivity index (χ3n) is 3.38. The van der Waals surface area contributed by atoms with E-state index in [1.54, 1.807) is 0 Å². The molecule has 4 nitrogen and oxygen atoms in total. The average molecular weight is 267 g/mol. The van der Waals surface area contributed by atoms with E-state index < -0.39 is 6.10 Å². The van der Waals surface area contributed by atoms with E-state index in [2.05, 4.69) is 5.32 Å². The Balaban J connectivity index is 2.67. The van der Waals surface area contributed by atoms with Gasteiger partial charge in [0, 0.05) is 17.5 Å². The Morgan fingerprint density at radius 2 is 2.00 bits per heavy atom. The molecule has 0 spiro atoms. The van der Waals surface area contributed by atoms with Gasteiger partial charge in [-0.2, -0.15) is 0 Å². The second-order valence-corrected chi connectivity index (χ2v) is 6.23. The standard InChI is InChI=1S/C15H25NO3/c1-9(2)13(17)15(5,6)8-16-14(18)12-10(3)7-11(4)19-12/h7,9,13,17H,8H2,1-6H3,(H,16,18). The number of aryl methyl sites for hydroxylation is 2. The summed E-state index contributed by atoms with van der Waals surface area (Å²) in [6.45, 7) is 11.9. The van der Waals surface area contributed by atoms with Crippen LogP contribution in [0.25, 0.3) is 0 Å². The van der Waals surface area contributed by atoms with E-state index in [1.807, 2.05) is 47.6 Å². The third kappa shape index (κ3) is 3.83. The molecule has 1 unspecified atom stereocenters. The Kier molecular flexibility index (Phi) is 4.80. The first-order chi connectivity index (χ1) is 8.65. The van der Waals surface area contributed by atoms with Gasteiger partial charge in [0.25, 0.3) is 5.91 Å². The molecule has 0 bridgehead atoms. The van der Waals surface area contributed by atoms with Crippen LogP contribution >= 0.6 is 0 Å². The zero-order chi connectivity index (χ0) is 14.8. The van der Waals surface area contributed by atoms with Crippen LogP contribution in [0.4, 0.5) is 0 Å². The predicted molar refractivity (Wildman–Crippen MR) is 75.1 cm³/mol. The SMILES string of the molecule is Cc1cc(C)c(C(=O)NCC(C)(C)C(O)C(C)C)o1. The molecule has 1 aromatic heterocycles. The van der Waals surface area contributed by atoms with Crippen molar-refractivity contribution < 1.29 is 14.3 Å². The molecule has 108 valence electrons. The summed E-state index contributed by atoms with van der Waals surface area (Å²) in [7, 11) is 0. The molecule has 1 amide bonds. The molecule has 19 heavy (non-hydrogen) atoms. The quantitative estimate of drug-likeness (QED) is 0.862. The van der Waals surface area contributed by atoms with Crippen molar-refractivity contribution in [3.05, 3.63) is 23.2 Å². The van der Waals surface area contributed by atoms with Crippen molar-refractivity contribution in [2.75, 3.05) is 6.54 Å². The van der Waals surface area contributed by atoms with E-state index in [9.17, 15) is 9.90 Å². The van der Waals surface area contributed by atoms with Crippen molar-refractivity contribution in [2.45, 2.75) is 47.6 Å². The number of carbonyl (C=O) groups excluding carboxylic acids is 1. The van der Waals surface area contributed by atoms with Crippen LogP contribution < -0.4 is 5.32 Å². The summed E-state index contributed by atoms with van der Waals surface area (Å²) in [5.74, 6) is 1.01. The second-order valence-electron chi connectivity index (χ2n) is 6.23. The van der Waals surface area contributed by atoms with Gasteiger partial charge in [0.05, 0.1) is 6.10 Å². The van der Waals surface area contributed by atoms with Crippen LogP contribution in [0.3, 0.4) is 0 Å². The number of carbonyl (C=O) groups is 1. The van der Waals surface area contributed by atoms with E-state index in [0.717, 1.165) is 11.3 Å². The first-order valence-corrected chi connectivity index (χ1v) is 6.68. The Morgan fingerprint density at radius 3 is 2.42 bits per heavy atom. The van der Waals surface area contributed by atoms with Gasteiger partial charge in [0.1, 0.15) is 5.76 Å².